The molecule has 2 rings (SSSR count). The van der Waals surface area contributed by atoms with Crippen LogP contribution in [0.3, 0.4) is 0 Å². The van der Waals surface area contributed by atoms with E-state index in [1.54, 1.807) is 0 Å². The molecular weight excluding hydrogens is 234 g/mol. The molecule has 1 aliphatic heterocycles. The van der Waals surface area contributed by atoms with Crippen LogP contribution in [-0.2, 0) is 0 Å². The highest BCUT2D eigenvalue weighted by Crippen LogP contribution is 2.22. The van der Waals surface area contributed by atoms with Gasteiger partial charge in [-0.1, -0.05) is 24.9 Å². The maximum absolute atomic E-state index is 5.98. The second kappa shape index (κ2) is 5.73. The third-order valence-corrected chi connectivity index (χ3v) is 2.80. The predicted molar refractivity (Wildman–Crippen MR) is 73.7 cm³/mol. The third-order valence-electron chi connectivity index (χ3n) is 2.56. The summed E-state index contributed by atoms with van der Waals surface area (Å²) < 4.78 is 0. The van der Waals surface area contributed by atoms with E-state index >= 15 is 0 Å². The van der Waals surface area contributed by atoms with Crippen molar-refractivity contribution < 1.29 is 0 Å². The normalized spacial score (nSPS) is 16.0. The fourth-order valence-corrected chi connectivity index (χ4v) is 1.82. The Labute approximate surface area is 107 Å². The fourth-order valence-electron chi connectivity index (χ4n) is 1.65. The molecular formula is C13H16ClN3. The molecule has 17 heavy (non-hydrogen) atoms. The lowest BCUT2D eigenvalue weighted by Crippen LogP contribution is -2.18. The van der Waals surface area contributed by atoms with E-state index in [9.17, 15) is 0 Å². The van der Waals surface area contributed by atoms with E-state index in [2.05, 4.69) is 22.5 Å². The van der Waals surface area contributed by atoms with Gasteiger partial charge in [0, 0.05) is 29.5 Å². The van der Waals surface area contributed by atoms with Crippen LogP contribution in [0.2, 0.25) is 5.02 Å². The van der Waals surface area contributed by atoms with Crippen molar-refractivity contribution in [3.05, 3.63) is 41.2 Å². The van der Waals surface area contributed by atoms with Gasteiger partial charge in [0.05, 0.1) is 5.69 Å². The van der Waals surface area contributed by atoms with Crippen molar-refractivity contribution in [2.75, 3.05) is 11.9 Å². The number of fused-ring (bicyclic) bond motifs is 1. The molecule has 1 aromatic carbocycles. The van der Waals surface area contributed by atoms with Crippen molar-refractivity contribution in [1.82, 2.24) is 5.32 Å². The van der Waals surface area contributed by atoms with Crippen molar-refractivity contribution in [2.24, 2.45) is 4.99 Å². The molecule has 2 N–H and O–H groups in total. The minimum Gasteiger partial charge on any atom is -0.360 e. The SMILES string of the molecule is CCCCN=C1NC=CNc2cc(Cl)ccc21. The fraction of sp³-hybridized carbons (Fsp3) is 0.308. The molecule has 90 valence electrons. The topological polar surface area (TPSA) is 36.4 Å². The van der Waals surface area contributed by atoms with E-state index in [4.69, 9.17) is 11.6 Å². The molecule has 0 atom stereocenters. The third kappa shape index (κ3) is 3.01. The van der Waals surface area contributed by atoms with Gasteiger partial charge in [0.2, 0.25) is 0 Å². The van der Waals surface area contributed by atoms with Gasteiger partial charge in [0.15, 0.2) is 0 Å². The molecule has 0 radical (unpaired) electrons. The Hall–Kier alpha value is -1.48. The van der Waals surface area contributed by atoms with Gasteiger partial charge in [-0.05, 0) is 24.6 Å². The van der Waals surface area contributed by atoms with Crippen LogP contribution in [0.1, 0.15) is 25.3 Å². The zero-order valence-corrected chi connectivity index (χ0v) is 10.6. The quantitative estimate of drug-likeness (QED) is 0.806. The molecule has 0 saturated heterocycles. The summed E-state index contributed by atoms with van der Waals surface area (Å²) in [4.78, 5) is 4.58. The Morgan fingerprint density at radius 3 is 2.88 bits per heavy atom. The number of halogens is 1. The molecule has 0 aromatic heterocycles. The average Bonchev–Trinajstić information content (AvgIpc) is 2.52. The second-order valence-electron chi connectivity index (χ2n) is 3.90. The largest absolute Gasteiger partial charge is 0.360 e. The first-order valence-corrected chi connectivity index (χ1v) is 6.21. The van der Waals surface area contributed by atoms with E-state index in [1.807, 2.05) is 30.6 Å². The number of benzene rings is 1. The summed E-state index contributed by atoms with van der Waals surface area (Å²) in [7, 11) is 0. The first kappa shape index (κ1) is 12.0. The Bertz CT molecular complexity index is 452. The smallest absolute Gasteiger partial charge is 0.134 e. The summed E-state index contributed by atoms with van der Waals surface area (Å²) in [5.41, 5.74) is 2.03. The van der Waals surface area contributed by atoms with Gasteiger partial charge in [-0.15, -0.1) is 0 Å². The Balaban J connectivity index is 2.30. The van der Waals surface area contributed by atoms with E-state index in [-0.39, 0.29) is 0 Å². The lowest BCUT2D eigenvalue weighted by atomic mass is 10.1. The van der Waals surface area contributed by atoms with Gasteiger partial charge in [-0.25, -0.2) is 0 Å². The van der Waals surface area contributed by atoms with Crippen molar-refractivity contribution in [2.45, 2.75) is 19.8 Å². The Morgan fingerprint density at radius 2 is 2.06 bits per heavy atom. The van der Waals surface area contributed by atoms with E-state index in [1.165, 1.54) is 0 Å². The van der Waals surface area contributed by atoms with Crippen LogP contribution in [-0.4, -0.2) is 12.4 Å². The number of unbranched alkanes of at least 4 members (excludes halogenated alkanes) is 1. The number of nitrogens with zero attached hydrogens (tertiary/aromatic N) is 1. The zero-order valence-electron chi connectivity index (χ0n) is 9.83. The minimum absolute atomic E-state index is 0.722. The highest BCUT2D eigenvalue weighted by Gasteiger charge is 2.10. The van der Waals surface area contributed by atoms with Crippen LogP contribution in [0.5, 0.6) is 0 Å². The summed E-state index contributed by atoms with van der Waals surface area (Å²) in [5.74, 6) is 0.895. The van der Waals surface area contributed by atoms with Crippen LogP contribution < -0.4 is 10.6 Å². The molecule has 0 saturated carbocycles. The van der Waals surface area contributed by atoms with Gasteiger partial charge >= 0.3 is 0 Å². The van der Waals surface area contributed by atoms with Gasteiger partial charge in [0.1, 0.15) is 5.84 Å². The summed E-state index contributed by atoms with van der Waals surface area (Å²) in [6.07, 6.45) is 5.94. The zero-order chi connectivity index (χ0) is 12.1. The van der Waals surface area contributed by atoms with Crippen LogP contribution in [0, 0.1) is 0 Å². The second-order valence-corrected chi connectivity index (χ2v) is 4.33. The molecule has 0 unspecified atom stereocenters. The van der Waals surface area contributed by atoms with Crippen LogP contribution in [0.25, 0.3) is 0 Å². The van der Waals surface area contributed by atoms with E-state index < -0.39 is 0 Å². The summed E-state index contributed by atoms with van der Waals surface area (Å²) in [6.45, 7) is 3.00. The molecule has 3 nitrogen and oxygen atoms in total. The molecule has 1 aromatic rings. The minimum atomic E-state index is 0.722. The van der Waals surface area contributed by atoms with E-state index in [0.29, 0.717) is 0 Å². The predicted octanol–water partition coefficient (Wildman–Crippen LogP) is 3.37. The number of anilines is 1. The molecule has 0 aliphatic carbocycles. The molecule has 0 fully saturated rings. The number of hydrogen-bond acceptors (Lipinski definition) is 2. The number of amidine groups is 1. The highest BCUT2D eigenvalue weighted by molar-refractivity contribution is 6.31. The number of nitrogens with one attached hydrogen (secondary N) is 2. The number of rotatable bonds is 3. The van der Waals surface area contributed by atoms with Gasteiger partial charge < -0.3 is 10.6 Å². The molecule has 0 amide bonds. The number of hydrogen-bond donors (Lipinski definition) is 2. The van der Waals surface area contributed by atoms with Crippen molar-refractivity contribution in [3.63, 3.8) is 0 Å². The van der Waals surface area contributed by atoms with Crippen LogP contribution >= 0.6 is 11.6 Å². The highest BCUT2D eigenvalue weighted by atomic mass is 35.5. The number of aliphatic imine (C=N–C) groups is 1. The monoisotopic (exact) mass is 249 g/mol. The molecule has 1 heterocycles. The van der Waals surface area contributed by atoms with Crippen LogP contribution in [0.15, 0.2) is 35.6 Å². The molecule has 0 spiro atoms. The Kier molecular flexibility index (Phi) is 4.04. The van der Waals surface area contributed by atoms with Gasteiger partial charge in [-0.3, -0.25) is 4.99 Å². The van der Waals surface area contributed by atoms with Crippen molar-refractivity contribution in [3.8, 4) is 0 Å². The maximum Gasteiger partial charge on any atom is 0.134 e. The van der Waals surface area contributed by atoms with E-state index in [0.717, 1.165) is 41.5 Å². The standard InChI is InChI=1S/C13H16ClN3/c1-2-3-6-16-13-11-5-4-10(14)9-12(11)15-7-8-17-13/h4-5,7-9,15H,2-3,6H2,1H3,(H,16,17). The summed E-state index contributed by atoms with van der Waals surface area (Å²) >= 11 is 5.98. The maximum atomic E-state index is 5.98. The van der Waals surface area contributed by atoms with Crippen molar-refractivity contribution in [1.29, 1.82) is 0 Å². The van der Waals surface area contributed by atoms with Crippen molar-refractivity contribution >= 4 is 23.1 Å². The Morgan fingerprint density at radius 1 is 1.24 bits per heavy atom. The average molecular weight is 250 g/mol. The summed E-state index contributed by atoms with van der Waals surface area (Å²) in [6, 6.07) is 5.77. The molecule has 1 aliphatic rings. The van der Waals surface area contributed by atoms with Crippen LogP contribution in [0.4, 0.5) is 5.69 Å². The lowest BCUT2D eigenvalue weighted by Gasteiger charge is -2.09. The van der Waals surface area contributed by atoms with Gasteiger partial charge in [-0.2, -0.15) is 0 Å². The first-order chi connectivity index (χ1) is 8.31. The molecule has 0 bridgehead atoms. The molecule has 4 heteroatoms. The van der Waals surface area contributed by atoms with Gasteiger partial charge in [0.25, 0.3) is 0 Å². The lowest BCUT2D eigenvalue weighted by molar-refractivity contribution is 0.805. The first-order valence-electron chi connectivity index (χ1n) is 5.83. The summed E-state index contributed by atoms with van der Waals surface area (Å²) in [5, 5.41) is 7.08.